The number of rotatable bonds is 2. The minimum Gasteiger partial charge on any atom is -0.399 e. The Morgan fingerprint density at radius 2 is 1.45 bits per heavy atom. The van der Waals surface area contributed by atoms with Gasteiger partial charge in [-0.2, -0.15) is 0 Å². The fourth-order valence-corrected chi connectivity index (χ4v) is 2.44. The van der Waals surface area contributed by atoms with E-state index in [1.54, 1.807) is 0 Å². The van der Waals surface area contributed by atoms with Gasteiger partial charge in [-0.15, -0.1) is 0 Å². The molecule has 2 heterocycles. The molecule has 2 fully saturated rings. The van der Waals surface area contributed by atoms with E-state index in [2.05, 4.69) is 27.7 Å². The van der Waals surface area contributed by atoms with E-state index in [-0.39, 0.29) is 23.9 Å². The molecular formula is C15H22BNO3. The highest BCUT2D eigenvalue weighted by Gasteiger charge is 2.51. The minimum absolute atomic E-state index is 0.312. The lowest BCUT2D eigenvalue weighted by atomic mass is 9.77. The van der Waals surface area contributed by atoms with Crippen molar-refractivity contribution in [3.8, 4) is 0 Å². The van der Waals surface area contributed by atoms with Crippen LogP contribution in [0.15, 0.2) is 24.3 Å². The van der Waals surface area contributed by atoms with E-state index in [0.29, 0.717) is 13.2 Å². The van der Waals surface area contributed by atoms with Gasteiger partial charge in [0.15, 0.2) is 0 Å². The van der Waals surface area contributed by atoms with Crippen LogP contribution >= 0.6 is 0 Å². The Kier molecular flexibility index (Phi) is 3.03. The number of hydrogen-bond donors (Lipinski definition) is 1. The molecule has 2 aliphatic rings. The normalized spacial score (nSPS) is 26.4. The number of ether oxygens (including phenoxy) is 1. The zero-order valence-electron chi connectivity index (χ0n) is 12.6. The molecule has 0 aromatic heterocycles. The predicted octanol–water partition coefficient (Wildman–Crippen LogP) is 1.17. The van der Waals surface area contributed by atoms with Crippen molar-refractivity contribution in [1.29, 1.82) is 0 Å². The van der Waals surface area contributed by atoms with Crippen LogP contribution in [0.25, 0.3) is 0 Å². The van der Waals surface area contributed by atoms with Gasteiger partial charge >= 0.3 is 7.12 Å². The SMILES string of the molecule is CC1(C)OB(c2ccc(C3(N)COC3)cc2)OC1(C)C. The number of benzene rings is 1. The summed E-state index contributed by atoms with van der Waals surface area (Å²) in [6, 6.07) is 8.15. The Morgan fingerprint density at radius 3 is 1.85 bits per heavy atom. The summed E-state index contributed by atoms with van der Waals surface area (Å²) in [7, 11) is -0.319. The molecule has 2 saturated heterocycles. The highest BCUT2D eigenvalue weighted by Crippen LogP contribution is 2.36. The molecular weight excluding hydrogens is 253 g/mol. The summed E-state index contributed by atoms with van der Waals surface area (Å²) in [6.07, 6.45) is 0. The topological polar surface area (TPSA) is 53.7 Å². The average molecular weight is 275 g/mol. The molecule has 5 heteroatoms. The van der Waals surface area contributed by atoms with E-state index in [1.807, 2.05) is 24.3 Å². The summed E-state index contributed by atoms with van der Waals surface area (Å²) >= 11 is 0. The van der Waals surface area contributed by atoms with Gasteiger partial charge < -0.3 is 19.8 Å². The Labute approximate surface area is 120 Å². The standard InChI is InChI=1S/C15H22BNO3/c1-13(2)14(3,4)20-16(19-13)12-7-5-11(6-8-12)15(17)9-18-10-15/h5-8H,9-10,17H2,1-4H3. The molecule has 0 radical (unpaired) electrons. The first kappa shape index (κ1) is 14.1. The average Bonchev–Trinajstić information content (AvgIpc) is 2.56. The first-order valence-electron chi connectivity index (χ1n) is 7.06. The van der Waals surface area contributed by atoms with Crippen LogP contribution in [-0.4, -0.2) is 31.5 Å². The van der Waals surface area contributed by atoms with Crippen molar-refractivity contribution in [2.24, 2.45) is 5.73 Å². The lowest BCUT2D eigenvalue weighted by Crippen LogP contribution is -2.54. The predicted molar refractivity (Wildman–Crippen MR) is 78.8 cm³/mol. The zero-order chi connectivity index (χ0) is 14.6. The van der Waals surface area contributed by atoms with Gasteiger partial charge in [0, 0.05) is 0 Å². The number of hydrogen-bond acceptors (Lipinski definition) is 4. The summed E-state index contributed by atoms with van der Waals surface area (Å²) < 4.78 is 17.3. The van der Waals surface area contributed by atoms with Crippen molar-refractivity contribution in [3.63, 3.8) is 0 Å². The second kappa shape index (κ2) is 4.31. The third-order valence-corrected chi connectivity index (χ3v) is 4.73. The first-order valence-corrected chi connectivity index (χ1v) is 7.06. The lowest BCUT2D eigenvalue weighted by Gasteiger charge is -2.38. The Hall–Kier alpha value is -0.875. The summed E-state index contributed by atoms with van der Waals surface area (Å²) in [5.74, 6) is 0. The Bertz CT molecular complexity index is 492. The second-order valence-electron chi connectivity index (χ2n) is 6.86. The molecule has 4 nitrogen and oxygen atoms in total. The lowest BCUT2D eigenvalue weighted by molar-refractivity contribution is -0.0569. The van der Waals surface area contributed by atoms with Gasteiger partial charge in [0.25, 0.3) is 0 Å². The minimum atomic E-state index is -0.325. The van der Waals surface area contributed by atoms with Crippen LogP contribution in [-0.2, 0) is 19.6 Å². The molecule has 1 aromatic carbocycles. The Morgan fingerprint density at radius 1 is 0.950 bits per heavy atom. The van der Waals surface area contributed by atoms with Crippen LogP contribution < -0.4 is 11.2 Å². The third-order valence-electron chi connectivity index (χ3n) is 4.73. The van der Waals surface area contributed by atoms with Gasteiger partial charge in [0.1, 0.15) is 0 Å². The summed E-state index contributed by atoms with van der Waals surface area (Å²) in [5.41, 5.74) is 7.40. The van der Waals surface area contributed by atoms with Gasteiger partial charge in [0.2, 0.25) is 0 Å². The van der Waals surface area contributed by atoms with Crippen LogP contribution in [0.4, 0.5) is 0 Å². The second-order valence-corrected chi connectivity index (χ2v) is 6.86. The zero-order valence-corrected chi connectivity index (χ0v) is 12.6. The van der Waals surface area contributed by atoms with E-state index >= 15 is 0 Å². The summed E-state index contributed by atoms with van der Waals surface area (Å²) in [6.45, 7) is 9.40. The van der Waals surface area contributed by atoms with Crippen LogP contribution in [0.1, 0.15) is 33.3 Å². The van der Waals surface area contributed by atoms with Gasteiger partial charge in [-0.1, -0.05) is 24.3 Å². The maximum absolute atomic E-state index is 6.23. The molecule has 2 aliphatic heterocycles. The largest absolute Gasteiger partial charge is 0.494 e. The molecule has 2 N–H and O–H groups in total. The molecule has 0 saturated carbocycles. The van der Waals surface area contributed by atoms with Crippen LogP contribution in [0, 0.1) is 0 Å². The smallest absolute Gasteiger partial charge is 0.399 e. The van der Waals surface area contributed by atoms with Gasteiger partial charge in [-0.05, 0) is 38.7 Å². The van der Waals surface area contributed by atoms with Gasteiger partial charge in [-0.25, -0.2) is 0 Å². The monoisotopic (exact) mass is 275 g/mol. The quantitative estimate of drug-likeness (QED) is 0.823. The highest BCUT2D eigenvalue weighted by atomic mass is 16.7. The fraction of sp³-hybridized carbons (Fsp3) is 0.600. The van der Waals surface area contributed by atoms with E-state index in [4.69, 9.17) is 19.8 Å². The molecule has 0 atom stereocenters. The molecule has 0 aliphatic carbocycles. The molecule has 1 aromatic rings. The van der Waals surface area contributed by atoms with Crippen molar-refractivity contribution >= 4 is 12.6 Å². The maximum atomic E-state index is 6.23. The molecule has 0 bridgehead atoms. The van der Waals surface area contributed by atoms with Gasteiger partial charge in [-0.3, -0.25) is 0 Å². The first-order chi connectivity index (χ1) is 9.24. The van der Waals surface area contributed by atoms with Crippen molar-refractivity contribution in [2.75, 3.05) is 13.2 Å². The van der Waals surface area contributed by atoms with E-state index in [1.165, 1.54) is 0 Å². The van der Waals surface area contributed by atoms with Crippen molar-refractivity contribution in [1.82, 2.24) is 0 Å². The summed E-state index contributed by atoms with van der Waals surface area (Å²) in [5, 5.41) is 0. The third kappa shape index (κ3) is 2.09. The maximum Gasteiger partial charge on any atom is 0.494 e. The molecule has 0 amide bonds. The Balaban J connectivity index is 1.79. The van der Waals surface area contributed by atoms with E-state index in [0.717, 1.165) is 11.0 Å². The van der Waals surface area contributed by atoms with Crippen molar-refractivity contribution in [3.05, 3.63) is 29.8 Å². The van der Waals surface area contributed by atoms with E-state index in [9.17, 15) is 0 Å². The molecule has 108 valence electrons. The molecule has 0 spiro atoms. The molecule has 3 rings (SSSR count). The molecule has 0 unspecified atom stereocenters. The van der Waals surface area contributed by atoms with Crippen LogP contribution in [0.2, 0.25) is 0 Å². The van der Waals surface area contributed by atoms with E-state index < -0.39 is 0 Å². The highest BCUT2D eigenvalue weighted by molar-refractivity contribution is 6.62. The fourth-order valence-electron chi connectivity index (χ4n) is 2.44. The van der Waals surface area contributed by atoms with Crippen molar-refractivity contribution < 1.29 is 14.0 Å². The summed E-state index contributed by atoms with van der Waals surface area (Å²) in [4.78, 5) is 0. The molecule has 20 heavy (non-hydrogen) atoms. The van der Waals surface area contributed by atoms with Crippen LogP contribution in [0.5, 0.6) is 0 Å². The van der Waals surface area contributed by atoms with Crippen molar-refractivity contribution in [2.45, 2.75) is 44.4 Å². The number of nitrogens with two attached hydrogens (primary N) is 1. The van der Waals surface area contributed by atoms with Crippen LogP contribution in [0.3, 0.4) is 0 Å². The van der Waals surface area contributed by atoms with Gasteiger partial charge in [0.05, 0.1) is 30.0 Å².